The van der Waals surface area contributed by atoms with Gasteiger partial charge in [-0.05, 0) is 36.2 Å². The molecule has 0 saturated carbocycles. The fraction of sp³-hybridized carbons (Fsp3) is 0.333. The molecule has 4 nitrogen and oxygen atoms in total. The molecule has 0 aromatic heterocycles. The lowest BCUT2D eigenvalue weighted by Gasteiger charge is -2.19. The van der Waals surface area contributed by atoms with Gasteiger partial charge in [-0.1, -0.05) is 30.3 Å². The van der Waals surface area contributed by atoms with E-state index in [0.29, 0.717) is 13.1 Å². The summed E-state index contributed by atoms with van der Waals surface area (Å²) in [5, 5.41) is 18.0. The molecule has 2 aromatic carbocycles. The Labute approximate surface area is 131 Å². The van der Waals surface area contributed by atoms with E-state index in [1.54, 1.807) is 0 Å². The van der Waals surface area contributed by atoms with Gasteiger partial charge in [0.25, 0.3) is 0 Å². The Morgan fingerprint density at radius 1 is 0.727 bits per heavy atom. The van der Waals surface area contributed by atoms with Crippen molar-refractivity contribution in [2.75, 3.05) is 32.8 Å². The average molecular weight is 301 g/mol. The lowest BCUT2D eigenvalue weighted by molar-refractivity contribution is 0.162. The monoisotopic (exact) mass is 301 g/mol. The Morgan fingerprint density at radius 3 is 1.91 bits per heavy atom. The van der Waals surface area contributed by atoms with Crippen molar-refractivity contribution in [3.05, 3.63) is 60.2 Å². The van der Waals surface area contributed by atoms with Crippen molar-refractivity contribution in [3.63, 3.8) is 0 Å². The highest BCUT2D eigenvalue weighted by Crippen LogP contribution is 2.21. The van der Waals surface area contributed by atoms with Crippen LogP contribution in [0.3, 0.4) is 0 Å². The molecule has 0 aliphatic rings. The molecule has 0 fully saturated rings. The number of aliphatic hydroxyl groups excluding tert-OH is 2. The van der Waals surface area contributed by atoms with E-state index >= 15 is 0 Å². The van der Waals surface area contributed by atoms with Crippen LogP contribution in [0.1, 0.15) is 5.56 Å². The molecule has 0 unspecified atom stereocenters. The van der Waals surface area contributed by atoms with Crippen molar-refractivity contribution in [2.45, 2.75) is 6.42 Å². The van der Waals surface area contributed by atoms with Crippen LogP contribution in [0.25, 0.3) is 0 Å². The maximum Gasteiger partial charge on any atom is 0.127 e. The molecule has 2 aromatic rings. The first-order chi connectivity index (χ1) is 10.8. The second-order valence-corrected chi connectivity index (χ2v) is 5.10. The van der Waals surface area contributed by atoms with E-state index < -0.39 is 0 Å². The largest absolute Gasteiger partial charge is 0.457 e. The molecule has 2 rings (SSSR count). The van der Waals surface area contributed by atoms with Gasteiger partial charge in [-0.3, -0.25) is 4.90 Å². The van der Waals surface area contributed by atoms with Gasteiger partial charge in [-0.15, -0.1) is 0 Å². The molecule has 2 N–H and O–H groups in total. The molecule has 0 spiro atoms. The van der Waals surface area contributed by atoms with Crippen molar-refractivity contribution in [3.8, 4) is 11.5 Å². The molecule has 0 heterocycles. The Hall–Kier alpha value is -1.88. The molecule has 0 aliphatic carbocycles. The van der Waals surface area contributed by atoms with Crippen LogP contribution < -0.4 is 4.74 Å². The quantitative estimate of drug-likeness (QED) is 0.746. The zero-order valence-corrected chi connectivity index (χ0v) is 12.7. The topological polar surface area (TPSA) is 52.9 Å². The normalized spacial score (nSPS) is 10.9. The van der Waals surface area contributed by atoms with Gasteiger partial charge < -0.3 is 14.9 Å². The zero-order valence-electron chi connectivity index (χ0n) is 12.7. The van der Waals surface area contributed by atoms with Crippen molar-refractivity contribution < 1.29 is 14.9 Å². The van der Waals surface area contributed by atoms with Crippen molar-refractivity contribution in [1.29, 1.82) is 0 Å². The lowest BCUT2D eigenvalue weighted by atomic mass is 10.1. The van der Waals surface area contributed by atoms with E-state index in [1.165, 1.54) is 5.56 Å². The van der Waals surface area contributed by atoms with E-state index in [2.05, 4.69) is 0 Å². The molecule has 0 radical (unpaired) electrons. The Bertz CT molecular complexity index is 522. The summed E-state index contributed by atoms with van der Waals surface area (Å²) < 4.78 is 5.76. The molecular formula is C18H23NO3. The summed E-state index contributed by atoms with van der Waals surface area (Å²) in [5.41, 5.74) is 1.21. The summed E-state index contributed by atoms with van der Waals surface area (Å²) in [7, 11) is 0. The predicted molar refractivity (Wildman–Crippen MR) is 87.3 cm³/mol. The Kier molecular flexibility index (Phi) is 6.90. The predicted octanol–water partition coefficient (Wildman–Crippen LogP) is 2.31. The molecule has 0 atom stereocenters. The zero-order chi connectivity index (χ0) is 15.6. The number of para-hydroxylation sites is 1. The van der Waals surface area contributed by atoms with E-state index in [1.807, 2.05) is 59.5 Å². The maximum atomic E-state index is 9.00. The standard InChI is InChI=1S/C18H23NO3/c20-14-12-19(13-15-21)11-10-16-6-8-18(9-7-16)22-17-4-2-1-3-5-17/h1-9,20-21H,10-15H2. The highest BCUT2D eigenvalue weighted by Gasteiger charge is 2.04. The second-order valence-electron chi connectivity index (χ2n) is 5.10. The van der Waals surface area contributed by atoms with Crippen LogP contribution in [0.15, 0.2) is 54.6 Å². The molecular weight excluding hydrogens is 278 g/mol. The number of nitrogens with zero attached hydrogens (tertiary/aromatic N) is 1. The van der Waals surface area contributed by atoms with Gasteiger partial charge in [0.2, 0.25) is 0 Å². The highest BCUT2D eigenvalue weighted by molar-refractivity contribution is 5.33. The van der Waals surface area contributed by atoms with Gasteiger partial charge in [-0.25, -0.2) is 0 Å². The van der Waals surface area contributed by atoms with Gasteiger partial charge in [0.15, 0.2) is 0 Å². The van der Waals surface area contributed by atoms with E-state index in [9.17, 15) is 0 Å². The number of rotatable bonds is 9. The minimum absolute atomic E-state index is 0.115. The van der Waals surface area contributed by atoms with Crippen molar-refractivity contribution in [1.82, 2.24) is 4.90 Å². The fourth-order valence-electron chi connectivity index (χ4n) is 2.25. The number of ether oxygens (including phenoxy) is 1. The third-order valence-electron chi connectivity index (χ3n) is 3.45. The first kappa shape index (κ1) is 16.5. The second kappa shape index (κ2) is 9.20. The maximum absolute atomic E-state index is 9.00. The third kappa shape index (κ3) is 5.48. The molecule has 0 amide bonds. The fourth-order valence-corrected chi connectivity index (χ4v) is 2.25. The number of aliphatic hydroxyl groups is 2. The highest BCUT2D eigenvalue weighted by atomic mass is 16.5. The average Bonchev–Trinajstić information content (AvgIpc) is 2.55. The summed E-state index contributed by atoms with van der Waals surface area (Å²) in [6.07, 6.45) is 0.881. The number of hydrogen-bond acceptors (Lipinski definition) is 4. The van der Waals surface area contributed by atoms with Gasteiger partial charge in [0.05, 0.1) is 13.2 Å². The summed E-state index contributed by atoms with van der Waals surface area (Å²) in [4.78, 5) is 2.05. The molecule has 0 aliphatic heterocycles. The van der Waals surface area contributed by atoms with Crippen LogP contribution in [0.5, 0.6) is 11.5 Å². The summed E-state index contributed by atoms with van der Waals surface area (Å²) in [6, 6.07) is 17.7. The summed E-state index contributed by atoms with van der Waals surface area (Å²) in [6.45, 7) is 2.24. The van der Waals surface area contributed by atoms with Crippen molar-refractivity contribution in [2.24, 2.45) is 0 Å². The van der Waals surface area contributed by atoms with E-state index in [0.717, 1.165) is 24.5 Å². The number of benzene rings is 2. The minimum Gasteiger partial charge on any atom is -0.457 e. The molecule has 118 valence electrons. The molecule has 0 bridgehead atoms. The molecule has 22 heavy (non-hydrogen) atoms. The molecule has 4 heteroatoms. The van der Waals surface area contributed by atoms with Crippen LogP contribution >= 0.6 is 0 Å². The lowest BCUT2D eigenvalue weighted by Crippen LogP contribution is -2.31. The van der Waals surface area contributed by atoms with Crippen LogP contribution in [0.2, 0.25) is 0 Å². The smallest absolute Gasteiger partial charge is 0.127 e. The minimum atomic E-state index is 0.115. The van der Waals surface area contributed by atoms with Gasteiger partial charge in [-0.2, -0.15) is 0 Å². The van der Waals surface area contributed by atoms with Crippen LogP contribution in [-0.4, -0.2) is 48.0 Å². The van der Waals surface area contributed by atoms with Crippen LogP contribution in [0, 0.1) is 0 Å². The van der Waals surface area contributed by atoms with Crippen LogP contribution in [0.4, 0.5) is 0 Å². The first-order valence-corrected chi connectivity index (χ1v) is 7.57. The van der Waals surface area contributed by atoms with E-state index in [-0.39, 0.29) is 13.2 Å². The Balaban J connectivity index is 1.86. The first-order valence-electron chi connectivity index (χ1n) is 7.57. The number of hydrogen-bond donors (Lipinski definition) is 2. The summed E-state index contributed by atoms with van der Waals surface area (Å²) in [5.74, 6) is 1.64. The Morgan fingerprint density at radius 2 is 1.32 bits per heavy atom. The van der Waals surface area contributed by atoms with E-state index in [4.69, 9.17) is 14.9 Å². The van der Waals surface area contributed by atoms with Crippen LogP contribution in [-0.2, 0) is 6.42 Å². The van der Waals surface area contributed by atoms with Gasteiger partial charge in [0.1, 0.15) is 11.5 Å². The third-order valence-corrected chi connectivity index (χ3v) is 3.45. The van der Waals surface area contributed by atoms with Gasteiger partial charge in [0, 0.05) is 19.6 Å². The van der Waals surface area contributed by atoms with Gasteiger partial charge >= 0.3 is 0 Å². The van der Waals surface area contributed by atoms with Crippen molar-refractivity contribution >= 4 is 0 Å². The SMILES string of the molecule is OCCN(CCO)CCc1ccc(Oc2ccccc2)cc1. The molecule has 0 saturated heterocycles. The summed E-state index contributed by atoms with van der Waals surface area (Å²) >= 11 is 0.